The van der Waals surface area contributed by atoms with Gasteiger partial charge < -0.3 is 10.2 Å². The molecule has 0 heterocycles. The molecule has 2 nitrogen and oxygen atoms in total. The van der Waals surface area contributed by atoms with E-state index in [1.54, 1.807) is 0 Å². The first-order valence-electron chi connectivity index (χ1n) is 8.96. The van der Waals surface area contributed by atoms with Crippen molar-refractivity contribution in [3.8, 4) is 18.1 Å². The Kier molecular flexibility index (Phi) is 2.68. The lowest BCUT2D eigenvalue weighted by atomic mass is 9.53. The number of aliphatic hydroxyl groups is 1. The van der Waals surface area contributed by atoms with Crippen LogP contribution in [0.3, 0.4) is 0 Å². The van der Waals surface area contributed by atoms with Crippen LogP contribution in [-0.2, 0) is 6.42 Å². The number of phenols is 1. The zero-order chi connectivity index (χ0) is 16.2. The molecule has 1 aromatic rings. The van der Waals surface area contributed by atoms with Gasteiger partial charge in [-0.05, 0) is 79.5 Å². The van der Waals surface area contributed by atoms with Crippen molar-refractivity contribution >= 4 is 0 Å². The van der Waals surface area contributed by atoms with Gasteiger partial charge in [0.2, 0.25) is 0 Å². The normalized spacial score (nSPS) is 43.2. The van der Waals surface area contributed by atoms with Crippen LogP contribution in [0.1, 0.15) is 57.4 Å². The lowest BCUT2D eigenvalue weighted by Gasteiger charge is -2.52. The Morgan fingerprint density at radius 3 is 3.00 bits per heavy atom. The smallest absolute Gasteiger partial charge is 0.130 e. The van der Waals surface area contributed by atoms with Crippen molar-refractivity contribution in [1.29, 1.82) is 0 Å². The number of terminal acetylenes is 1. The topological polar surface area (TPSA) is 40.5 Å². The lowest BCUT2D eigenvalue weighted by Crippen LogP contribution is -2.50. The minimum absolute atomic E-state index is 0.184. The number of hydrogen-bond donors (Lipinski definition) is 2. The van der Waals surface area contributed by atoms with Crippen LogP contribution in [0.5, 0.6) is 5.75 Å². The Labute approximate surface area is 134 Å². The molecule has 1 aromatic carbocycles. The molecule has 22 heavy (non-hydrogen) atoms. The summed E-state index contributed by atoms with van der Waals surface area (Å²) in [7, 11) is 0. The Bertz CT molecular complexity index is 703. The standard InChI is InChI=1S/C20H24O2/c1-3-20(22)11-9-18-17-6-4-13-12-14(21)5-7-15(13)16(17)8-10-19(18,20)2/h1,5,7,12,16-18,21-22H,4,6,8-11H2,2H3/t16-,17-,18+,19+,20+/m1/s1/i1D. The summed E-state index contributed by atoms with van der Waals surface area (Å²) in [4.78, 5) is 0. The molecule has 2 N–H and O–H groups in total. The molecule has 0 unspecified atom stereocenters. The SMILES string of the molecule is [2H]C#C[C@]1(O)CC[C@H]2[C@@H]3CCc4cc(O)ccc4[C@H]3CC[C@@]21C. The maximum atomic E-state index is 11.0. The van der Waals surface area contributed by atoms with Gasteiger partial charge in [0.15, 0.2) is 0 Å². The van der Waals surface area contributed by atoms with E-state index >= 15 is 0 Å². The van der Waals surface area contributed by atoms with E-state index in [2.05, 4.69) is 25.3 Å². The van der Waals surface area contributed by atoms with Crippen LogP contribution >= 0.6 is 0 Å². The van der Waals surface area contributed by atoms with Crippen molar-refractivity contribution < 1.29 is 11.6 Å². The maximum Gasteiger partial charge on any atom is 0.130 e. The van der Waals surface area contributed by atoms with Crippen LogP contribution < -0.4 is 0 Å². The van der Waals surface area contributed by atoms with Crippen molar-refractivity contribution in [1.82, 2.24) is 0 Å². The number of aromatic hydroxyl groups is 1. The van der Waals surface area contributed by atoms with Gasteiger partial charge in [-0.3, -0.25) is 0 Å². The number of aryl methyl sites for hydroxylation is 1. The predicted octanol–water partition coefficient (Wildman–Crippen LogP) is 3.61. The zero-order valence-electron chi connectivity index (χ0n) is 14.1. The van der Waals surface area contributed by atoms with Gasteiger partial charge in [-0.1, -0.05) is 18.9 Å². The molecule has 0 radical (unpaired) electrons. The van der Waals surface area contributed by atoms with Crippen LogP contribution in [0.4, 0.5) is 0 Å². The lowest BCUT2D eigenvalue weighted by molar-refractivity contribution is -0.0646. The third-order valence-corrected chi connectivity index (χ3v) is 7.07. The van der Waals surface area contributed by atoms with Crippen molar-refractivity contribution in [2.24, 2.45) is 17.3 Å². The fourth-order valence-corrected chi connectivity index (χ4v) is 5.79. The van der Waals surface area contributed by atoms with Gasteiger partial charge in [0, 0.05) is 5.41 Å². The summed E-state index contributed by atoms with van der Waals surface area (Å²) in [6.45, 7) is 2.19. The molecule has 0 saturated heterocycles. The average Bonchev–Trinajstić information content (AvgIpc) is 2.79. The molecule has 2 heteroatoms. The summed E-state index contributed by atoms with van der Waals surface area (Å²) >= 11 is 0. The van der Waals surface area contributed by atoms with E-state index in [1.807, 2.05) is 12.1 Å². The summed E-state index contributed by atoms with van der Waals surface area (Å²) in [5.74, 6) is 4.80. The Morgan fingerprint density at radius 1 is 1.32 bits per heavy atom. The highest BCUT2D eigenvalue weighted by Gasteiger charge is 2.61. The third kappa shape index (κ3) is 1.66. The van der Waals surface area contributed by atoms with Crippen molar-refractivity contribution in [2.75, 3.05) is 0 Å². The van der Waals surface area contributed by atoms with Gasteiger partial charge >= 0.3 is 0 Å². The summed E-state index contributed by atoms with van der Waals surface area (Å²) < 4.78 is 7.24. The second kappa shape index (κ2) is 4.52. The molecular formula is C20H24O2. The summed E-state index contributed by atoms with van der Waals surface area (Å²) in [5.41, 5.74) is 1.54. The van der Waals surface area contributed by atoms with Crippen LogP contribution in [0.25, 0.3) is 0 Å². The number of phenolic OH excluding ortho intramolecular Hbond substituents is 1. The molecule has 0 amide bonds. The van der Waals surface area contributed by atoms with Gasteiger partial charge in [0.05, 0.1) is 0 Å². The van der Waals surface area contributed by atoms with Gasteiger partial charge in [0.1, 0.15) is 12.7 Å². The van der Waals surface area contributed by atoms with Crippen LogP contribution in [-0.4, -0.2) is 15.8 Å². The third-order valence-electron chi connectivity index (χ3n) is 7.07. The quantitative estimate of drug-likeness (QED) is 0.718. The molecule has 0 aromatic heterocycles. The first kappa shape index (κ1) is 13.0. The van der Waals surface area contributed by atoms with Crippen molar-refractivity contribution in [3.05, 3.63) is 29.3 Å². The monoisotopic (exact) mass is 297 g/mol. The summed E-state index contributed by atoms with van der Waals surface area (Å²) in [5, 5.41) is 20.8. The van der Waals surface area contributed by atoms with Gasteiger partial charge in [-0.2, -0.15) is 0 Å². The first-order valence-corrected chi connectivity index (χ1v) is 8.46. The van der Waals surface area contributed by atoms with E-state index in [4.69, 9.17) is 1.37 Å². The molecule has 5 atom stereocenters. The second-order valence-electron chi connectivity index (χ2n) is 7.78. The molecule has 4 rings (SSSR count). The summed E-state index contributed by atoms with van der Waals surface area (Å²) in [6, 6.07) is 5.84. The van der Waals surface area contributed by atoms with E-state index < -0.39 is 5.60 Å². The first-order chi connectivity index (χ1) is 11.0. The summed E-state index contributed by atoms with van der Waals surface area (Å²) in [6.07, 6.45) is 8.11. The number of hydrogen-bond acceptors (Lipinski definition) is 2. The molecule has 0 spiro atoms. The van der Waals surface area contributed by atoms with Gasteiger partial charge in [-0.15, -0.1) is 6.40 Å². The Morgan fingerprint density at radius 2 is 2.18 bits per heavy atom. The highest BCUT2D eigenvalue weighted by molar-refractivity contribution is 5.40. The van der Waals surface area contributed by atoms with E-state index in [9.17, 15) is 10.2 Å². The highest BCUT2D eigenvalue weighted by Crippen LogP contribution is 2.64. The van der Waals surface area contributed by atoms with E-state index in [-0.39, 0.29) is 5.41 Å². The molecule has 3 aliphatic rings. The van der Waals surface area contributed by atoms with Crippen molar-refractivity contribution in [3.63, 3.8) is 0 Å². The van der Waals surface area contributed by atoms with Crippen LogP contribution in [0.15, 0.2) is 18.2 Å². The minimum atomic E-state index is -0.986. The molecule has 2 saturated carbocycles. The molecule has 116 valence electrons. The maximum absolute atomic E-state index is 11.0. The van der Waals surface area contributed by atoms with E-state index in [0.717, 1.165) is 32.1 Å². The number of rotatable bonds is 0. The zero-order valence-corrected chi connectivity index (χ0v) is 13.1. The van der Waals surface area contributed by atoms with Crippen LogP contribution in [0.2, 0.25) is 0 Å². The predicted molar refractivity (Wildman–Crippen MR) is 86.5 cm³/mol. The molecular weight excluding hydrogens is 272 g/mol. The van der Waals surface area contributed by atoms with Gasteiger partial charge in [-0.25, -0.2) is 0 Å². The molecule has 3 aliphatic carbocycles. The minimum Gasteiger partial charge on any atom is -0.508 e. The average molecular weight is 297 g/mol. The second-order valence-corrected chi connectivity index (χ2v) is 7.78. The number of fused-ring (bicyclic) bond motifs is 5. The highest BCUT2D eigenvalue weighted by atomic mass is 16.3. The largest absolute Gasteiger partial charge is 0.508 e. The van der Waals surface area contributed by atoms with Gasteiger partial charge in [0.25, 0.3) is 0 Å². The number of benzene rings is 1. The molecule has 2 fully saturated rings. The van der Waals surface area contributed by atoms with E-state index in [0.29, 0.717) is 29.9 Å². The molecule has 0 aliphatic heterocycles. The molecule has 0 bridgehead atoms. The Hall–Kier alpha value is -1.46. The van der Waals surface area contributed by atoms with E-state index in [1.165, 1.54) is 11.1 Å². The Balaban J connectivity index is 1.71. The fraction of sp³-hybridized carbons (Fsp3) is 0.600. The fourth-order valence-electron chi connectivity index (χ4n) is 5.79. The van der Waals surface area contributed by atoms with Crippen molar-refractivity contribution in [2.45, 2.75) is 57.0 Å². The van der Waals surface area contributed by atoms with Crippen LogP contribution in [0, 0.1) is 29.6 Å².